The van der Waals surface area contributed by atoms with Crippen molar-refractivity contribution in [2.75, 3.05) is 18.6 Å². The standard InChI is InChI=1S/C9H15N3O3S/c1-12-8(6-10-3-4-16(2)15)7(5-11-12)9(13)14/h5,10H,3-4,6H2,1-2H3,(H,13,14). The lowest BCUT2D eigenvalue weighted by Gasteiger charge is -2.05. The summed E-state index contributed by atoms with van der Waals surface area (Å²) in [7, 11) is 0.861. The van der Waals surface area contributed by atoms with Gasteiger partial charge in [0.25, 0.3) is 0 Å². The van der Waals surface area contributed by atoms with Crippen molar-refractivity contribution in [1.82, 2.24) is 15.1 Å². The first-order valence-corrected chi connectivity index (χ1v) is 6.50. The van der Waals surface area contributed by atoms with E-state index in [9.17, 15) is 9.00 Å². The quantitative estimate of drug-likeness (QED) is 0.665. The molecule has 0 aliphatic carbocycles. The number of aryl methyl sites for hydroxylation is 1. The van der Waals surface area contributed by atoms with Crippen molar-refractivity contribution in [3.05, 3.63) is 17.5 Å². The van der Waals surface area contributed by atoms with Crippen LogP contribution in [0.1, 0.15) is 16.1 Å². The molecule has 0 aromatic carbocycles. The zero-order valence-corrected chi connectivity index (χ0v) is 10.1. The van der Waals surface area contributed by atoms with E-state index in [4.69, 9.17) is 5.11 Å². The van der Waals surface area contributed by atoms with Gasteiger partial charge in [0.05, 0.1) is 11.9 Å². The van der Waals surface area contributed by atoms with E-state index >= 15 is 0 Å². The molecular weight excluding hydrogens is 230 g/mol. The van der Waals surface area contributed by atoms with Crippen LogP contribution < -0.4 is 5.32 Å². The number of nitrogens with one attached hydrogen (secondary N) is 1. The van der Waals surface area contributed by atoms with E-state index < -0.39 is 16.8 Å². The summed E-state index contributed by atoms with van der Waals surface area (Å²) in [5.41, 5.74) is 0.821. The number of nitrogens with zero attached hydrogens (tertiary/aromatic N) is 2. The predicted molar refractivity (Wildman–Crippen MR) is 60.8 cm³/mol. The van der Waals surface area contributed by atoms with Gasteiger partial charge in [0, 0.05) is 42.9 Å². The monoisotopic (exact) mass is 245 g/mol. The molecule has 1 aromatic rings. The SMILES string of the molecule is Cn1ncc(C(=O)O)c1CNCCS(C)=O. The van der Waals surface area contributed by atoms with Crippen LogP contribution in [0.5, 0.6) is 0 Å². The van der Waals surface area contributed by atoms with Gasteiger partial charge in [0.15, 0.2) is 0 Å². The van der Waals surface area contributed by atoms with E-state index in [0.29, 0.717) is 24.5 Å². The zero-order valence-electron chi connectivity index (χ0n) is 9.27. The predicted octanol–water partition coefficient (Wildman–Crippen LogP) is -0.414. The highest BCUT2D eigenvalue weighted by Crippen LogP contribution is 2.06. The first-order valence-electron chi connectivity index (χ1n) is 4.77. The van der Waals surface area contributed by atoms with Crippen molar-refractivity contribution in [2.45, 2.75) is 6.54 Å². The second-order valence-corrected chi connectivity index (χ2v) is 4.94. The lowest BCUT2D eigenvalue weighted by atomic mass is 10.2. The van der Waals surface area contributed by atoms with Gasteiger partial charge < -0.3 is 10.4 Å². The summed E-state index contributed by atoms with van der Waals surface area (Å²) in [5, 5.41) is 15.8. The van der Waals surface area contributed by atoms with Gasteiger partial charge in [-0.25, -0.2) is 4.79 Å². The van der Waals surface area contributed by atoms with Crippen LogP contribution >= 0.6 is 0 Å². The van der Waals surface area contributed by atoms with Crippen molar-refractivity contribution in [3.63, 3.8) is 0 Å². The van der Waals surface area contributed by atoms with Crippen molar-refractivity contribution in [1.29, 1.82) is 0 Å². The Labute approximate surface area is 96.1 Å². The number of carbonyl (C=O) groups is 1. The van der Waals surface area contributed by atoms with Gasteiger partial charge in [-0.05, 0) is 0 Å². The molecule has 0 fully saturated rings. The third-order valence-electron chi connectivity index (χ3n) is 2.15. The van der Waals surface area contributed by atoms with E-state index in [0.717, 1.165) is 0 Å². The highest BCUT2D eigenvalue weighted by molar-refractivity contribution is 7.84. The molecule has 7 heteroatoms. The van der Waals surface area contributed by atoms with Gasteiger partial charge in [-0.2, -0.15) is 5.10 Å². The minimum absolute atomic E-state index is 0.202. The third kappa shape index (κ3) is 3.42. The van der Waals surface area contributed by atoms with Crippen LogP contribution in [0.4, 0.5) is 0 Å². The fourth-order valence-corrected chi connectivity index (χ4v) is 1.71. The molecule has 0 aliphatic heterocycles. The van der Waals surface area contributed by atoms with Gasteiger partial charge in [0.2, 0.25) is 0 Å². The number of aromatic carboxylic acids is 1. The van der Waals surface area contributed by atoms with Gasteiger partial charge in [-0.1, -0.05) is 0 Å². The minimum atomic E-state index is -0.982. The summed E-state index contributed by atoms with van der Waals surface area (Å²) in [5.74, 6) is -0.427. The van der Waals surface area contributed by atoms with Gasteiger partial charge >= 0.3 is 5.97 Å². The Morgan fingerprint density at radius 1 is 1.69 bits per heavy atom. The van der Waals surface area contributed by atoms with Crippen molar-refractivity contribution in [2.24, 2.45) is 7.05 Å². The molecule has 16 heavy (non-hydrogen) atoms. The summed E-state index contributed by atoms with van der Waals surface area (Å²) in [6.07, 6.45) is 2.96. The maximum absolute atomic E-state index is 10.8. The average Bonchev–Trinajstić information content (AvgIpc) is 2.54. The highest BCUT2D eigenvalue weighted by atomic mass is 32.2. The smallest absolute Gasteiger partial charge is 0.339 e. The Bertz CT molecular complexity index is 403. The molecule has 0 saturated carbocycles. The minimum Gasteiger partial charge on any atom is -0.478 e. The first kappa shape index (κ1) is 12.9. The van der Waals surface area contributed by atoms with Crippen LogP contribution in [0.2, 0.25) is 0 Å². The highest BCUT2D eigenvalue weighted by Gasteiger charge is 2.13. The number of hydrogen-bond donors (Lipinski definition) is 2. The van der Waals surface area contributed by atoms with E-state index in [-0.39, 0.29) is 5.56 Å². The lowest BCUT2D eigenvalue weighted by molar-refractivity contribution is 0.0695. The molecule has 6 nitrogen and oxygen atoms in total. The second-order valence-electron chi connectivity index (χ2n) is 3.39. The Balaban J connectivity index is 2.56. The van der Waals surface area contributed by atoms with E-state index in [2.05, 4.69) is 10.4 Å². The van der Waals surface area contributed by atoms with Crippen LogP contribution in [0.15, 0.2) is 6.20 Å². The molecule has 90 valence electrons. The summed E-state index contributed by atoms with van der Waals surface area (Å²) in [4.78, 5) is 10.8. The van der Waals surface area contributed by atoms with Gasteiger partial charge in [0.1, 0.15) is 5.56 Å². The van der Waals surface area contributed by atoms with Crippen LogP contribution in [-0.4, -0.2) is 43.6 Å². The van der Waals surface area contributed by atoms with Crippen LogP contribution in [0.3, 0.4) is 0 Å². The molecule has 1 rings (SSSR count). The maximum atomic E-state index is 10.8. The molecule has 0 amide bonds. The zero-order chi connectivity index (χ0) is 12.1. The number of carboxylic acids is 1. The number of aromatic nitrogens is 2. The topological polar surface area (TPSA) is 84.2 Å². The molecule has 0 spiro atoms. The molecule has 1 unspecified atom stereocenters. The molecule has 1 heterocycles. The fraction of sp³-hybridized carbons (Fsp3) is 0.556. The van der Waals surface area contributed by atoms with Crippen LogP contribution in [0, 0.1) is 0 Å². The molecule has 0 saturated heterocycles. The van der Waals surface area contributed by atoms with Crippen LogP contribution in [-0.2, 0) is 24.4 Å². The molecule has 0 aliphatic rings. The molecule has 1 atom stereocenters. The van der Waals surface area contributed by atoms with Gasteiger partial charge in [-0.15, -0.1) is 0 Å². The largest absolute Gasteiger partial charge is 0.478 e. The first-order chi connectivity index (χ1) is 7.52. The molecule has 1 aromatic heterocycles. The summed E-state index contributed by atoms with van der Waals surface area (Å²) >= 11 is 0. The van der Waals surface area contributed by atoms with E-state index in [1.54, 1.807) is 13.3 Å². The number of hydrogen-bond acceptors (Lipinski definition) is 4. The Morgan fingerprint density at radius 2 is 2.38 bits per heavy atom. The Hall–Kier alpha value is -1.21. The van der Waals surface area contributed by atoms with Crippen LogP contribution in [0.25, 0.3) is 0 Å². The normalized spacial score (nSPS) is 12.6. The summed E-state index contributed by atoms with van der Waals surface area (Å²) < 4.78 is 12.3. The summed E-state index contributed by atoms with van der Waals surface area (Å²) in [6.45, 7) is 1.00. The van der Waals surface area contributed by atoms with Crippen molar-refractivity contribution in [3.8, 4) is 0 Å². The Kier molecular flexibility index (Phi) is 4.63. The fourth-order valence-electron chi connectivity index (χ4n) is 1.27. The molecule has 2 N–H and O–H groups in total. The maximum Gasteiger partial charge on any atom is 0.339 e. The van der Waals surface area contributed by atoms with E-state index in [1.807, 2.05) is 0 Å². The molecule has 0 radical (unpaired) electrons. The lowest BCUT2D eigenvalue weighted by Crippen LogP contribution is -2.22. The van der Waals surface area contributed by atoms with Gasteiger partial charge in [-0.3, -0.25) is 8.89 Å². The summed E-state index contributed by atoms with van der Waals surface area (Å²) in [6, 6.07) is 0. The van der Waals surface area contributed by atoms with Crippen molar-refractivity contribution >= 4 is 16.8 Å². The average molecular weight is 245 g/mol. The Morgan fingerprint density at radius 3 is 2.94 bits per heavy atom. The molecular formula is C9H15N3O3S. The number of carboxylic acid groups (broad SMARTS) is 1. The number of rotatable bonds is 6. The van der Waals surface area contributed by atoms with Crippen molar-refractivity contribution < 1.29 is 14.1 Å². The molecule has 0 bridgehead atoms. The van der Waals surface area contributed by atoms with E-state index in [1.165, 1.54) is 10.9 Å². The second kappa shape index (κ2) is 5.76. The third-order valence-corrected chi connectivity index (χ3v) is 2.93.